The van der Waals surface area contributed by atoms with Gasteiger partial charge in [-0.3, -0.25) is 5.32 Å². The number of rotatable bonds is 0. The fraction of sp³-hybridized carbons (Fsp3) is 1.00. The van der Waals surface area contributed by atoms with Gasteiger partial charge in [-0.15, -0.1) is 0 Å². The summed E-state index contributed by atoms with van der Waals surface area (Å²) in [6, 6.07) is 0.514. The Balaban J connectivity index is 2.10. The standard InChI is InChI=1S/C11H21NO2/c1-9-7-10(2,3)14-11(12-9)5-4-6-13-8-11/h9,12H,4-8H2,1-3H3. The van der Waals surface area contributed by atoms with Crippen molar-refractivity contribution in [1.82, 2.24) is 5.32 Å². The summed E-state index contributed by atoms with van der Waals surface area (Å²) in [5, 5.41) is 3.54. The van der Waals surface area contributed by atoms with Crippen LogP contribution in [0.5, 0.6) is 0 Å². The van der Waals surface area contributed by atoms with Gasteiger partial charge in [0.1, 0.15) is 5.72 Å². The van der Waals surface area contributed by atoms with Crippen LogP contribution in [0.15, 0.2) is 0 Å². The largest absolute Gasteiger partial charge is 0.377 e. The SMILES string of the molecule is CC1CC(C)(C)OC2(CCCOC2)N1. The molecule has 2 rings (SSSR count). The van der Waals surface area contributed by atoms with Crippen molar-refractivity contribution in [3.8, 4) is 0 Å². The van der Waals surface area contributed by atoms with Crippen LogP contribution in [0.2, 0.25) is 0 Å². The predicted octanol–water partition coefficient (Wildman–Crippen LogP) is 1.67. The third-order valence-electron chi connectivity index (χ3n) is 2.98. The lowest BCUT2D eigenvalue weighted by molar-refractivity contribution is -0.235. The first-order valence-electron chi connectivity index (χ1n) is 5.57. The molecule has 0 saturated carbocycles. The van der Waals surface area contributed by atoms with Crippen molar-refractivity contribution in [2.45, 2.75) is 57.4 Å². The number of nitrogens with one attached hydrogen (secondary N) is 1. The van der Waals surface area contributed by atoms with E-state index in [4.69, 9.17) is 9.47 Å². The van der Waals surface area contributed by atoms with E-state index in [1.165, 1.54) is 0 Å². The van der Waals surface area contributed by atoms with Crippen LogP contribution in [0.1, 0.15) is 40.0 Å². The zero-order valence-corrected chi connectivity index (χ0v) is 9.43. The Morgan fingerprint density at radius 2 is 2.14 bits per heavy atom. The van der Waals surface area contributed by atoms with Crippen molar-refractivity contribution >= 4 is 0 Å². The van der Waals surface area contributed by atoms with E-state index in [1.807, 2.05) is 0 Å². The highest BCUT2D eigenvalue weighted by atomic mass is 16.6. The first-order valence-corrected chi connectivity index (χ1v) is 5.57. The Bertz CT molecular complexity index is 209. The Hall–Kier alpha value is -0.120. The molecule has 82 valence electrons. The molecule has 1 spiro atoms. The van der Waals surface area contributed by atoms with Gasteiger partial charge in [0, 0.05) is 12.6 Å². The fourth-order valence-corrected chi connectivity index (χ4v) is 2.80. The molecule has 2 saturated heterocycles. The number of hydrogen-bond donors (Lipinski definition) is 1. The normalized spacial score (nSPS) is 42.6. The lowest BCUT2D eigenvalue weighted by Gasteiger charge is -2.50. The van der Waals surface area contributed by atoms with Crippen molar-refractivity contribution in [1.29, 1.82) is 0 Å². The van der Waals surface area contributed by atoms with Crippen molar-refractivity contribution in [2.24, 2.45) is 0 Å². The monoisotopic (exact) mass is 199 g/mol. The van der Waals surface area contributed by atoms with Crippen LogP contribution >= 0.6 is 0 Å². The fourth-order valence-electron chi connectivity index (χ4n) is 2.80. The topological polar surface area (TPSA) is 30.5 Å². The Morgan fingerprint density at radius 1 is 1.36 bits per heavy atom. The maximum atomic E-state index is 6.14. The quantitative estimate of drug-likeness (QED) is 0.643. The molecule has 3 heteroatoms. The smallest absolute Gasteiger partial charge is 0.143 e. The summed E-state index contributed by atoms with van der Waals surface area (Å²) in [7, 11) is 0. The average Bonchev–Trinajstić information content (AvgIpc) is 2.00. The maximum absolute atomic E-state index is 6.14. The highest BCUT2D eigenvalue weighted by molar-refractivity contribution is 4.93. The lowest BCUT2D eigenvalue weighted by Crippen LogP contribution is -2.64. The average molecular weight is 199 g/mol. The second-order valence-corrected chi connectivity index (χ2v) is 5.26. The third kappa shape index (κ3) is 2.10. The van der Waals surface area contributed by atoms with Gasteiger partial charge in [0.25, 0.3) is 0 Å². The Kier molecular flexibility index (Phi) is 2.58. The summed E-state index contributed by atoms with van der Waals surface area (Å²) >= 11 is 0. The van der Waals surface area contributed by atoms with Crippen molar-refractivity contribution in [3.05, 3.63) is 0 Å². The van der Waals surface area contributed by atoms with Gasteiger partial charge in [-0.05, 0) is 40.0 Å². The van der Waals surface area contributed by atoms with Crippen LogP contribution < -0.4 is 5.32 Å². The predicted molar refractivity (Wildman–Crippen MR) is 55.2 cm³/mol. The van der Waals surface area contributed by atoms with E-state index in [1.54, 1.807) is 0 Å². The molecule has 0 radical (unpaired) electrons. The van der Waals surface area contributed by atoms with Gasteiger partial charge in [-0.2, -0.15) is 0 Å². The minimum absolute atomic E-state index is 0.0225. The summed E-state index contributed by atoms with van der Waals surface area (Å²) in [6.07, 6.45) is 3.23. The van der Waals surface area contributed by atoms with Gasteiger partial charge in [-0.1, -0.05) is 0 Å². The van der Waals surface area contributed by atoms with Gasteiger partial charge in [0.2, 0.25) is 0 Å². The molecule has 0 aromatic heterocycles. The van der Waals surface area contributed by atoms with Crippen LogP contribution in [0, 0.1) is 0 Å². The van der Waals surface area contributed by atoms with Gasteiger partial charge >= 0.3 is 0 Å². The molecule has 0 aromatic rings. The van der Waals surface area contributed by atoms with Crippen molar-refractivity contribution in [3.63, 3.8) is 0 Å². The van der Waals surface area contributed by atoms with Gasteiger partial charge in [-0.25, -0.2) is 0 Å². The molecule has 2 fully saturated rings. The highest BCUT2D eigenvalue weighted by Crippen LogP contribution is 2.33. The molecule has 0 aliphatic carbocycles. The molecule has 2 unspecified atom stereocenters. The summed E-state index contributed by atoms with van der Waals surface area (Å²) in [6.45, 7) is 8.13. The Labute approximate surface area is 86.2 Å². The molecule has 0 bridgehead atoms. The molecule has 2 atom stereocenters. The van der Waals surface area contributed by atoms with E-state index < -0.39 is 0 Å². The van der Waals surface area contributed by atoms with Crippen molar-refractivity contribution < 1.29 is 9.47 Å². The number of ether oxygens (including phenoxy) is 2. The highest BCUT2D eigenvalue weighted by Gasteiger charge is 2.44. The van der Waals surface area contributed by atoms with Gasteiger partial charge in [0.15, 0.2) is 0 Å². The van der Waals surface area contributed by atoms with Crippen LogP contribution in [-0.4, -0.2) is 30.6 Å². The second-order valence-electron chi connectivity index (χ2n) is 5.26. The molecule has 1 N–H and O–H groups in total. The zero-order valence-electron chi connectivity index (χ0n) is 9.43. The summed E-state index contributed by atoms with van der Waals surface area (Å²) in [5.41, 5.74) is -0.231. The second kappa shape index (κ2) is 3.47. The van der Waals surface area contributed by atoms with E-state index in [0.717, 1.165) is 25.9 Å². The van der Waals surface area contributed by atoms with Crippen LogP contribution in [-0.2, 0) is 9.47 Å². The summed E-state index contributed by atoms with van der Waals surface area (Å²) in [4.78, 5) is 0. The summed E-state index contributed by atoms with van der Waals surface area (Å²) < 4.78 is 11.7. The third-order valence-corrected chi connectivity index (χ3v) is 2.98. The van der Waals surface area contributed by atoms with E-state index >= 15 is 0 Å². The maximum Gasteiger partial charge on any atom is 0.143 e. The lowest BCUT2D eigenvalue weighted by atomic mass is 9.92. The molecule has 0 aromatic carbocycles. The van der Waals surface area contributed by atoms with E-state index in [0.29, 0.717) is 12.6 Å². The Morgan fingerprint density at radius 3 is 2.71 bits per heavy atom. The van der Waals surface area contributed by atoms with E-state index in [-0.39, 0.29) is 11.3 Å². The molecule has 2 aliphatic heterocycles. The van der Waals surface area contributed by atoms with Gasteiger partial charge < -0.3 is 9.47 Å². The minimum atomic E-state index is -0.209. The van der Waals surface area contributed by atoms with Crippen molar-refractivity contribution in [2.75, 3.05) is 13.2 Å². The van der Waals surface area contributed by atoms with Crippen LogP contribution in [0.25, 0.3) is 0 Å². The molecule has 2 heterocycles. The molecule has 2 aliphatic rings. The summed E-state index contributed by atoms with van der Waals surface area (Å²) in [5.74, 6) is 0. The van der Waals surface area contributed by atoms with Crippen LogP contribution in [0.4, 0.5) is 0 Å². The molecular formula is C11H21NO2. The van der Waals surface area contributed by atoms with E-state index in [9.17, 15) is 0 Å². The number of hydrogen-bond acceptors (Lipinski definition) is 3. The van der Waals surface area contributed by atoms with Gasteiger partial charge in [0.05, 0.1) is 12.2 Å². The molecule has 0 amide bonds. The molecule has 3 nitrogen and oxygen atoms in total. The first kappa shape index (κ1) is 10.4. The van der Waals surface area contributed by atoms with Crippen LogP contribution in [0.3, 0.4) is 0 Å². The minimum Gasteiger partial charge on any atom is -0.377 e. The first-order chi connectivity index (χ1) is 6.52. The zero-order chi connectivity index (χ0) is 10.2. The van der Waals surface area contributed by atoms with E-state index in [2.05, 4.69) is 26.1 Å². The molecular weight excluding hydrogens is 178 g/mol. The molecule has 14 heavy (non-hydrogen) atoms.